The van der Waals surface area contributed by atoms with Gasteiger partial charge in [0.25, 0.3) is 11.5 Å². The van der Waals surface area contributed by atoms with Gasteiger partial charge in [0.05, 0.1) is 17.1 Å². The summed E-state index contributed by atoms with van der Waals surface area (Å²) in [5.74, 6) is -0.183. The van der Waals surface area contributed by atoms with Gasteiger partial charge in [-0.25, -0.2) is 4.98 Å². The molecule has 3 N–H and O–H groups in total. The van der Waals surface area contributed by atoms with Gasteiger partial charge in [0.1, 0.15) is 0 Å². The molecule has 0 bridgehead atoms. The van der Waals surface area contributed by atoms with Crippen LogP contribution in [0.5, 0.6) is 0 Å². The third-order valence-corrected chi connectivity index (χ3v) is 4.42. The molecule has 2 heterocycles. The Balaban J connectivity index is 1.55. The fourth-order valence-electron chi connectivity index (χ4n) is 2.97. The first-order chi connectivity index (χ1) is 13.5. The highest BCUT2D eigenvalue weighted by Crippen LogP contribution is 2.24. The van der Waals surface area contributed by atoms with Crippen molar-refractivity contribution in [3.63, 3.8) is 0 Å². The zero-order valence-electron chi connectivity index (χ0n) is 15.4. The number of hydrogen-bond donors (Lipinski definition) is 3. The molecule has 1 amide bonds. The van der Waals surface area contributed by atoms with Crippen molar-refractivity contribution < 1.29 is 4.79 Å². The molecule has 0 atom stereocenters. The lowest BCUT2D eigenvalue weighted by atomic mass is 10.0. The largest absolute Gasteiger partial charge is 0.291 e. The number of carbonyl (C=O) groups excluding carboxylic acids is 1. The highest BCUT2D eigenvalue weighted by molar-refractivity contribution is 5.96. The first-order valence-corrected chi connectivity index (χ1v) is 8.66. The summed E-state index contributed by atoms with van der Waals surface area (Å²) in [6.07, 6.45) is 3.65. The number of para-hydroxylation sites is 1. The molecule has 0 saturated carbocycles. The number of aryl methyl sites for hydroxylation is 2. The van der Waals surface area contributed by atoms with Crippen LogP contribution in [0.4, 0.5) is 5.95 Å². The Hall–Kier alpha value is -3.94. The van der Waals surface area contributed by atoms with Gasteiger partial charge in [0.2, 0.25) is 5.95 Å². The fourth-order valence-corrected chi connectivity index (χ4v) is 2.97. The van der Waals surface area contributed by atoms with Crippen LogP contribution in [0.15, 0.2) is 59.7 Å². The van der Waals surface area contributed by atoms with Gasteiger partial charge in [0, 0.05) is 24.4 Å². The van der Waals surface area contributed by atoms with E-state index in [0.29, 0.717) is 16.5 Å². The summed E-state index contributed by atoms with van der Waals surface area (Å²) in [6.45, 7) is 1.98. The predicted molar refractivity (Wildman–Crippen MR) is 107 cm³/mol. The molecule has 0 saturated heterocycles. The summed E-state index contributed by atoms with van der Waals surface area (Å²) < 4.78 is 1.71. The van der Waals surface area contributed by atoms with Crippen molar-refractivity contribution in [1.29, 1.82) is 0 Å². The zero-order valence-corrected chi connectivity index (χ0v) is 15.4. The molecule has 8 heteroatoms. The van der Waals surface area contributed by atoms with Gasteiger partial charge in [0.15, 0.2) is 0 Å². The number of hydrazine groups is 1. The molecule has 0 aliphatic heterocycles. The minimum absolute atomic E-state index is 0.164. The maximum absolute atomic E-state index is 12.6. The summed E-state index contributed by atoms with van der Waals surface area (Å²) in [4.78, 5) is 31.5. The van der Waals surface area contributed by atoms with Crippen molar-refractivity contribution in [3.8, 4) is 11.1 Å². The molecule has 140 valence electrons. The van der Waals surface area contributed by atoms with E-state index in [1.165, 1.54) is 0 Å². The number of aromatic amines is 1. The Kier molecular flexibility index (Phi) is 4.36. The van der Waals surface area contributed by atoms with Crippen LogP contribution < -0.4 is 16.4 Å². The summed E-state index contributed by atoms with van der Waals surface area (Å²) in [6, 6.07) is 12.4. The minimum Gasteiger partial charge on any atom is -0.291 e. The molecule has 4 aromatic rings. The number of aromatic nitrogens is 4. The third kappa shape index (κ3) is 3.35. The van der Waals surface area contributed by atoms with Crippen molar-refractivity contribution in [2.45, 2.75) is 6.92 Å². The number of anilines is 1. The monoisotopic (exact) mass is 374 g/mol. The van der Waals surface area contributed by atoms with Gasteiger partial charge >= 0.3 is 0 Å². The molecule has 8 nitrogen and oxygen atoms in total. The molecule has 2 aromatic carbocycles. The number of hydrogen-bond acceptors (Lipinski definition) is 5. The average molecular weight is 374 g/mol. The maximum Gasteiger partial charge on any atom is 0.269 e. The van der Waals surface area contributed by atoms with E-state index in [9.17, 15) is 9.59 Å². The van der Waals surface area contributed by atoms with E-state index in [1.54, 1.807) is 47.3 Å². The van der Waals surface area contributed by atoms with Crippen LogP contribution >= 0.6 is 0 Å². The summed E-state index contributed by atoms with van der Waals surface area (Å²) >= 11 is 0. The number of fused-ring (bicyclic) bond motifs is 1. The first kappa shape index (κ1) is 17.5. The summed E-state index contributed by atoms with van der Waals surface area (Å²) in [5, 5.41) is 4.66. The molecular formula is C20H18N6O2. The molecule has 0 unspecified atom stereocenters. The van der Waals surface area contributed by atoms with E-state index < -0.39 is 0 Å². The van der Waals surface area contributed by atoms with Gasteiger partial charge in [-0.05, 0) is 42.3 Å². The van der Waals surface area contributed by atoms with Crippen LogP contribution in [0.25, 0.3) is 22.0 Å². The summed E-state index contributed by atoms with van der Waals surface area (Å²) in [7, 11) is 1.84. The molecule has 0 aliphatic carbocycles. The first-order valence-electron chi connectivity index (χ1n) is 8.66. The normalized spacial score (nSPS) is 10.8. The molecule has 2 aromatic heterocycles. The molecule has 28 heavy (non-hydrogen) atoms. The molecule has 0 spiro atoms. The van der Waals surface area contributed by atoms with Crippen LogP contribution in [0.3, 0.4) is 0 Å². The SMILES string of the molecule is Cc1ccc(C(=O)NNc2nc3ccccc3c(=O)[nH]2)cc1-c1cnn(C)c1. The highest BCUT2D eigenvalue weighted by Gasteiger charge is 2.11. The van der Waals surface area contributed by atoms with Gasteiger partial charge in [-0.15, -0.1) is 0 Å². The number of nitrogens with zero attached hydrogens (tertiary/aromatic N) is 3. The van der Waals surface area contributed by atoms with Gasteiger partial charge in [-0.2, -0.15) is 5.10 Å². The van der Waals surface area contributed by atoms with Crippen LogP contribution in [0, 0.1) is 6.92 Å². The standard InChI is InChI=1S/C20H18N6O2/c1-12-7-8-13(9-16(12)14-10-21-26(2)11-14)18(27)24-25-20-22-17-6-4-3-5-15(17)19(28)23-20/h3-11H,1-2H3,(H,24,27)(H2,22,23,25,28). The van der Waals surface area contributed by atoms with E-state index in [1.807, 2.05) is 26.2 Å². The number of benzene rings is 2. The van der Waals surface area contributed by atoms with Crippen molar-refractivity contribution in [2.75, 3.05) is 5.43 Å². The Labute approximate surface area is 160 Å². The van der Waals surface area contributed by atoms with Crippen LogP contribution in [0.1, 0.15) is 15.9 Å². The Morgan fingerprint density at radius 3 is 2.79 bits per heavy atom. The molecular weight excluding hydrogens is 356 g/mol. The lowest BCUT2D eigenvalue weighted by molar-refractivity contribution is 0.0962. The second kappa shape index (κ2) is 6.99. The number of rotatable bonds is 4. The van der Waals surface area contributed by atoms with Crippen LogP contribution in [0.2, 0.25) is 0 Å². The highest BCUT2D eigenvalue weighted by atomic mass is 16.2. The third-order valence-electron chi connectivity index (χ3n) is 4.42. The molecule has 0 radical (unpaired) electrons. The van der Waals surface area contributed by atoms with Gasteiger partial charge in [-0.1, -0.05) is 18.2 Å². The van der Waals surface area contributed by atoms with Crippen molar-refractivity contribution in [3.05, 3.63) is 76.3 Å². The molecule has 0 fully saturated rings. The van der Waals surface area contributed by atoms with Crippen LogP contribution in [-0.2, 0) is 7.05 Å². The predicted octanol–water partition coefficient (Wildman–Crippen LogP) is 2.39. The molecule has 4 rings (SSSR count). The van der Waals surface area contributed by atoms with E-state index in [0.717, 1.165) is 16.7 Å². The van der Waals surface area contributed by atoms with Gasteiger partial charge < -0.3 is 0 Å². The fraction of sp³-hybridized carbons (Fsp3) is 0.100. The number of amides is 1. The van der Waals surface area contributed by atoms with Crippen molar-refractivity contribution in [2.24, 2.45) is 7.05 Å². The maximum atomic E-state index is 12.6. The minimum atomic E-state index is -0.346. The lowest BCUT2D eigenvalue weighted by Crippen LogP contribution is -2.31. The second-order valence-electron chi connectivity index (χ2n) is 6.44. The van der Waals surface area contributed by atoms with E-state index in [2.05, 4.69) is 25.9 Å². The van der Waals surface area contributed by atoms with E-state index >= 15 is 0 Å². The lowest BCUT2D eigenvalue weighted by Gasteiger charge is -2.10. The quantitative estimate of drug-likeness (QED) is 0.476. The number of carbonyl (C=O) groups is 1. The number of H-pyrrole nitrogens is 1. The Morgan fingerprint density at radius 2 is 2.00 bits per heavy atom. The van der Waals surface area contributed by atoms with Crippen molar-refractivity contribution >= 4 is 22.8 Å². The van der Waals surface area contributed by atoms with Crippen molar-refractivity contribution in [1.82, 2.24) is 25.2 Å². The molecule has 0 aliphatic rings. The summed E-state index contributed by atoms with van der Waals surface area (Å²) in [5.41, 5.74) is 8.87. The van der Waals surface area contributed by atoms with E-state index in [4.69, 9.17) is 0 Å². The number of nitrogens with one attached hydrogen (secondary N) is 3. The smallest absolute Gasteiger partial charge is 0.269 e. The van der Waals surface area contributed by atoms with E-state index in [-0.39, 0.29) is 17.4 Å². The topological polar surface area (TPSA) is 105 Å². The Morgan fingerprint density at radius 1 is 1.18 bits per heavy atom. The van der Waals surface area contributed by atoms with Crippen LogP contribution in [-0.4, -0.2) is 25.7 Å². The Bertz CT molecular complexity index is 1240. The second-order valence-corrected chi connectivity index (χ2v) is 6.44. The zero-order chi connectivity index (χ0) is 19.7. The average Bonchev–Trinajstić information content (AvgIpc) is 3.12. The van der Waals surface area contributed by atoms with Gasteiger partial charge in [-0.3, -0.25) is 30.1 Å².